The first kappa shape index (κ1) is 58.3. The maximum absolute atomic E-state index is 5.50. The number of rotatable bonds is 44. The minimum atomic E-state index is 0.00291. The Labute approximate surface area is 445 Å². The van der Waals surface area contributed by atoms with E-state index in [0.29, 0.717) is 0 Å². The Bertz CT molecular complexity index is 1600. The van der Waals surface area contributed by atoms with E-state index in [0.717, 1.165) is 7.83 Å². The van der Waals surface area contributed by atoms with Crippen LogP contribution >= 0.6 is 54.5 Å². The lowest BCUT2D eigenvalue weighted by Crippen LogP contribution is -2.28. The summed E-state index contributed by atoms with van der Waals surface area (Å²) in [5, 5.41) is 0. The molecule has 2 heterocycles. The molecule has 2 aromatic heterocycles. The van der Waals surface area contributed by atoms with Crippen LogP contribution in [0.4, 0.5) is 0 Å². The van der Waals surface area contributed by atoms with Crippen molar-refractivity contribution in [2.45, 2.75) is 321 Å². The number of aromatic nitrogens is 2. The van der Waals surface area contributed by atoms with Gasteiger partial charge < -0.3 is 0 Å². The molecule has 0 aliphatic heterocycles. The highest BCUT2D eigenvalue weighted by Crippen LogP contribution is 2.63. The molecule has 386 valence electrons. The van der Waals surface area contributed by atoms with E-state index in [2.05, 4.69) is 71.7 Å². The number of unbranched alkanes of at least 4 members (excludes halogenated alkanes) is 36. The molecule has 0 N–H and O–H groups in total. The van der Waals surface area contributed by atoms with E-state index >= 15 is 0 Å². The summed E-state index contributed by atoms with van der Waals surface area (Å²) in [5.74, 6) is 0. The number of benzene rings is 1. The highest BCUT2D eigenvalue weighted by atomic mass is 79.9. The predicted octanol–water partition coefficient (Wildman–Crippen LogP) is 23.9. The third-order valence-corrected chi connectivity index (χ3v) is 19.7. The van der Waals surface area contributed by atoms with Crippen molar-refractivity contribution < 1.29 is 0 Å². The van der Waals surface area contributed by atoms with Gasteiger partial charge in [-0.05, 0) is 91.9 Å². The average molecular weight is 1100 g/mol. The molecular weight excluding hydrogens is 997 g/mol. The minimum Gasteiger partial charge on any atom is -0.233 e. The van der Waals surface area contributed by atoms with Gasteiger partial charge in [-0.3, -0.25) is 0 Å². The van der Waals surface area contributed by atoms with Gasteiger partial charge in [0, 0.05) is 10.8 Å². The van der Waals surface area contributed by atoms with Crippen molar-refractivity contribution >= 4 is 54.5 Å². The van der Waals surface area contributed by atoms with Crippen LogP contribution in [0.2, 0.25) is 0 Å². The van der Waals surface area contributed by atoms with Crippen molar-refractivity contribution in [3.63, 3.8) is 0 Å². The molecule has 0 atom stereocenters. The van der Waals surface area contributed by atoms with Crippen molar-refractivity contribution in [1.29, 1.82) is 0 Å². The third-order valence-electron chi connectivity index (χ3n) is 16.6. The molecule has 0 amide bonds. The number of hydrogen-bond acceptors (Lipinski definition) is 4. The molecule has 5 rings (SSSR count). The lowest BCUT2D eigenvalue weighted by Gasteiger charge is -2.33. The maximum Gasteiger partial charge on any atom is 0.159 e. The number of fused-ring (bicyclic) bond motifs is 6. The highest BCUT2D eigenvalue weighted by molar-refractivity contribution is 9.11. The second-order valence-electron chi connectivity index (χ2n) is 22.1. The van der Waals surface area contributed by atoms with Crippen LogP contribution in [-0.4, -0.2) is 9.97 Å². The van der Waals surface area contributed by atoms with Crippen molar-refractivity contribution in [3.05, 3.63) is 42.5 Å². The van der Waals surface area contributed by atoms with Crippen LogP contribution in [0.5, 0.6) is 0 Å². The largest absolute Gasteiger partial charge is 0.233 e. The van der Waals surface area contributed by atoms with E-state index in [1.54, 1.807) is 11.1 Å². The number of nitrogens with zero attached hydrogens (tertiary/aromatic N) is 2. The van der Waals surface area contributed by atoms with Crippen molar-refractivity contribution in [3.8, 4) is 20.9 Å². The first-order valence-electron chi connectivity index (χ1n) is 30.0. The van der Waals surface area contributed by atoms with Crippen molar-refractivity contribution in [2.24, 2.45) is 0 Å². The molecule has 0 radical (unpaired) electrons. The second-order valence-corrected chi connectivity index (χ2v) is 26.7. The first-order valence-corrected chi connectivity index (χ1v) is 33.2. The average Bonchev–Trinajstić information content (AvgIpc) is 4.05. The third kappa shape index (κ3) is 17.8. The van der Waals surface area contributed by atoms with Crippen LogP contribution in [-0.2, 0) is 10.8 Å². The number of halogens is 2. The molecule has 0 bridgehead atoms. The minimum absolute atomic E-state index is 0.00291. The van der Waals surface area contributed by atoms with E-state index in [-0.39, 0.29) is 10.8 Å². The van der Waals surface area contributed by atoms with Crippen molar-refractivity contribution in [1.82, 2.24) is 9.97 Å². The summed E-state index contributed by atoms with van der Waals surface area (Å²) >= 11 is 11.8. The van der Waals surface area contributed by atoms with Crippen LogP contribution < -0.4 is 0 Å². The molecule has 68 heavy (non-hydrogen) atoms. The van der Waals surface area contributed by atoms with Gasteiger partial charge in [0.05, 0.1) is 21.1 Å². The summed E-state index contributed by atoms with van der Waals surface area (Å²) in [4.78, 5) is 14.0. The number of thiazole rings is 2. The van der Waals surface area contributed by atoms with Gasteiger partial charge in [-0.1, -0.05) is 285 Å². The van der Waals surface area contributed by atoms with Crippen LogP contribution in [0.1, 0.15) is 333 Å². The second kappa shape index (κ2) is 34.0. The fourth-order valence-corrected chi connectivity index (χ4v) is 15.7. The quantitative estimate of drug-likeness (QED) is 0.0528. The Morgan fingerprint density at radius 1 is 0.324 bits per heavy atom. The highest BCUT2D eigenvalue weighted by Gasteiger charge is 2.50. The van der Waals surface area contributed by atoms with Gasteiger partial charge in [0.1, 0.15) is 0 Å². The molecule has 1 aromatic carbocycles. The molecule has 0 spiro atoms. The summed E-state index contributed by atoms with van der Waals surface area (Å²) in [6.07, 6.45) is 60.4. The van der Waals surface area contributed by atoms with E-state index in [1.807, 2.05) is 22.7 Å². The molecule has 0 fully saturated rings. The van der Waals surface area contributed by atoms with Crippen LogP contribution in [0.3, 0.4) is 0 Å². The van der Waals surface area contributed by atoms with Crippen LogP contribution in [0.25, 0.3) is 20.9 Å². The van der Waals surface area contributed by atoms with Gasteiger partial charge in [0.25, 0.3) is 0 Å². The predicted molar refractivity (Wildman–Crippen MR) is 311 cm³/mol. The lowest BCUT2D eigenvalue weighted by molar-refractivity contribution is 0.386. The molecule has 6 heteroatoms. The van der Waals surface area contributed by atoms with E-state index in [4.69, 9.17) is 9.97 Å². The Hall–Kier alpha value is -0.560. The molecular formula is C62H102Br2N2S2. The van der Waals surface area contributed by atoms with E-state index < -0.39 is 0 Å². The summed E-state index contributed by atoms with van der Waals surface area (Å²) in [6, 6.07) is 5.53. The molecule has 0 saturated carbocycles. The monoisotopic (exact) mass is 1100 g/mol. The zero-order valence-electron chi connectivity index (χ0n) is 44.7. The molecule has 0 saturated heterocycles. The summed E-state index contributed by atoms with van der Waals surface area (Å²) in [7, 11) is 0. The Kier molecular flexibility index (Phi) is 29.2. The normalized spacial score (nSPS) is 14.2. The van der Waals surface area contributed by atoms with Crippen molar-refractivity contribution in [2.75, 3.05) is 0 Å². The Morgan fingerprint density at radius 2 is 0.529 bits per heavy atom. The van der Waals surface area contributed by atoms with Gasteiger partial charge in [-0.2, -0.15) is 0 Å². The van der Waals surface area contributed by atoms with E-state index in [9.17, 15) is 0 Å². The molecule has 2 aliphatic carbocycles. The molecule has 0 unspecified atom stereocenters. The van der Waals surface area contributed by atoms with Crippen LogP contribution in [0.15, 0.2) is 20.0 Å². The van der Waals surface area contributed by atoms with E-state index in [1.165, 1.54) is 315 Å². The van der Waals surface area contributed by atoms with Crippen LogP contribution in [0, 0.1) is 0 Å². The summed E-state index contributed by atoms with van der Waals surface area (Å²) < 4.78 is 2.16. The van der Waals surface area contributed by atoms with Gasteiger partial charge in [-0.25, -0.2) is 9.97 Å². The topological polar surface area (TPSA) is 25.8 Å². The van der Waals surface area contributed by atoms with Gasteiger partial charge >= 0.3 is 0 Å². The smallest absolute Gasteiger partial charge is 0.159 e. The maximum atomic E-state index is 5.50. The standard InChI is InChI=1S/C62H102Br2N2S2/c1-5-9-13-17-21-25-29-33-37-41-45-61(46-42-38-34-30-26-22-18-14-10-6-2)53-49-52-54(50-51(53)55-57(61)65-59(63)67-55)62(58-56(52)68-60(64)66-58,47-43-39-35-31-27-23-19-15-11-7-3)48-44-40-36-32-28-24-20-16-12-8-4/h49-50H,5-48H2,1-4H3. The summed E-state index contributed by atoms with van der Waals surface area (Å²) in [5.41, 5.74) is 9.14. The van der Waals surface area contributed by atoms with Gasteiger partial charge in [0.2, 0.25) is 0 Å². The zero-order chi connectivity index (χ0) is 48.1. The molecule has 2 nitrogen and oxygen atoms in total. The molecule has 2 aliphatic rings. The SMILES string of the molecule is CCCCCCCCCCCCC1(CCCCCCCCCCCC)c2cc3c(cc2-c2sc(Br)nc21)C(CCCCCCCCCCCC)(CCCCCCCCCCCC)c1nc(Br)sc1-3. The van der Waals surface area contributed by atoms with Gasteiger partial charge in [-0.15, -0.1) is 22.7 Å². The molecule has 3 aromatic rings. The Balaban J connectivity index is 1.39. The lowest BCUT2D eigenvalue weighted by atomic mass is 9.70. The van der Waals surface area contributed by atoms with Gasteiger partial charge in [0.15, 0.2) is 7.83 Å². The zero-order valence-corrected chi connectivity index (χ0v) is 49.5. The summed E-state index contributed by atoms with van der Waals surface area (Å²) in [6.45, 7) is 9.31. The number of hydrogen-bond donors (Lipinski definition) is 0. The first-order chi connectivity index (χ1) is 33.5. The Morgan fingerprint density at radius 3 is 0.750 bits per heavy atom. The fraction of sp³-hybridized carbons (Fsp3) is 0.806. The fourth-order valence-electron chi connectivity index (χ4n) is 12.5.